The number of aliphatic hydroxyl groups excluding tert-OH is 1. The molecule has 3 aliphatic rings. The van der Waals surface area contributed by atoms with E-state index < -0.39 is 11.5 Å². The third kappa shape index (κ3) is 4.27. The number of aliphatic hydroxyl groups is 1. The maximum Gasteiger partial charge on any atom is 0.342 e. The van der Waals surface area contributed by atoms with Crippen LogP contribution in [0.3, 0.4) is 0 Å². The first-order valence-electron chi connectivity index (χ1n) is 11.3. The lowest BCUT2D eigenvalue weighted by molar-refractivity contribution is -0.174. The number of rotatable bonds is 7. The van der Waals surface area contributed by atoms with E-state index in [4.69, 9.17) is 9.47 Å². The number of allylic oxidation sites excluding steroid dienone is 2. The van der Waals surface area contributed by atoms with Crippen LogP contribution in [0.1, 0.15) is 72.1 Å². The van der Waals surface area contributed by atoms with Gasteiger partial charge in [-0.05, 0) is 61.9 Å². The summed E-state index contributed by atoms with van der Waals surface area (Å²) in [7, 11) is 0. The van der Waals surface area contributed by atoms with Crippen LogP contribution < -0.4 is 0 Å². The van der Waals surface area contributed by atoms with Gasteiger partial charge in [0.15, 0.2) is 0 Å². The Morgan fingerprint density at radius 3 is 2.83 bits per heavy atom. The Labute approximate surface area is 180 Å². The second-order valence-corrected chi connectivity index (χ2v) is 9.74. The number of carbonyl (C=O) groups is 2. The van der Waals surface area contributed by atoms with Crippen LogP contribution in [0, 0.1) is 22.7 Å². The van der Waals surface area contributed by atoms with Crippen LogP contribution in [-0.2, 0) is 19.1 Å². The molecule has 3 rings (SSSR count). The fourth-order valence-corrected chi connectivity index (χ4v) is 5.95. The first-order valence-corrected chi connectivity index (χ1v) is 11.3. The quantitative estimate of drug-likeness (QED) is 0.365. The second-order valence-electron chi connectivity index (χ2n) is 9.74. The minimum atomic E-state index is -0.493. The van der Waals surface area contributed by atoms with Crippen LogP contribution >= 0.6 is 0 Å². The van der Waals surface area contributed by atoms with Gasteiger partial charge >= 0.3 is 11.9 Å². The van der Waals surface area contributed by atoms with Gasteiger partial charge in [0.05, 0.1) is 24.5 Å². The molecule has 0 aromatic rings. The predicted molar refractivity (Wildman–Crippen MR) is 115 cm³/mol. The third-order valence-electron chi connectivity index (χ3n) is 7.86. The molecule has 0 aromatic carbocycles. The minimum Gasteiger partial charge on any atom is -0.465 e. The van der Waals surface area contributed by atoms with Crippen molar-refractivity contribution in [1.82, 2.24) is 0 Å². The third-order valence-corrected chi connectivity index (χ3v) is 7.86. The van der Waals surface area contributed by atoms with Crippen molar-refractivity contribution in [2.24, 2.45) is 22.7 Å². The summed E-state index contributed by atoms with van der Waals surface area (Å²) in [6, 6.07) is 0. The van der Waals surface area contributed by atoms with E-state index in [9.17, 15) is 14.7 Å². The summed E-state index contributed by atoms with van der Waals surface area (Å²) in [6.45, 7) is 11.0. The predicted octanol–water partition coefficient (Wildman–Crippen LogP) is 4.86. The molecule has 5 nitrogen and oxygen atoms in total. The van der Waals surface area contributed by atoms with E-state index in [1.165, 1.54) is 11.8 Å². The zero-order valence-corrected chi connectivity index (χ0v) is 18.6. The van der Waals surface area contributed by atoms with Crippen LogP contribution in [0.2, 0.25) is 0 Å². The molecule has 0 bridgehead atoms. The van der Waals surface area contributed by atoms with Crippen molar-refractivity contribution in [2.75, 3.05) is 6.61 Å². The largest absolute Gasteiger partial charge is 0.465 e. The molecule has 2 aliphatic carbocycles. The number of unbranched alkanes of at least 4 members (excludes halogenated alkanes) is 1. The number of carbonyl (C=O) groups excluding carboxylic acids is 2. The number of fused-ring (bicyclic) bond motifs is 1. The summed E-state index contributed by atoms with van der Waals surface area (Å²) in [4.78, 5) is 24.0. The van der Waals surface area contributed by atoms with Gasteiger partial charge in [-0.15, -0.1) is 0 Å². The van der Waals surface area contributed by atoms with E-state index >= 15 is 0 Å². The number of esters is 2. The zero-order chi connectivity index (χ0) is 21.9. The lowest BCUT2D eigenvalue weighted by Gasteiger charge is -2.60. The Hall–Kier alpha value is -1.88. The summed E-state index contributed by atoms with van der Waals surface area (Å²) in [5.41, 5.74) is 1.26. The molecule has 0 saturated heterocycles. The van der Waals surface area contributed by atoms with Crippen molar-refractivity contribution in [2.45, 2.75) is 78.2 Å². The van der Waals surface area contributed by atoms with Crippen LogP contribution in [-0.4, -0.2) is 29.8 Å². The molecule has 5 atom stereocenters. The van der Waals surface area contributed by atoms with Gasteiger partial charge in [0.1, 0.15) is 0 Å². The number of hydrogen-bond donors (Lipinski definition) is 1. The van der Waals surface area contributed by atoms with Gasteiger partial charge in [-0.1, -0.05) is 45.4 Å². The molecule has 0 unspecified atom stereocenters. The van der Waals surface area contributed by atoms with Crippen molar-refractivity contribution in [1.29, 1.82) is 0 Å². The Kier molecular flexibility index (Phi) is 6.91. The van der Waals surface area contributed by atoms with Gasteiger partial charge in [-0.25, -0.2) is 4.79 Å². The molecular weight excluding hydrogens is 380 g/mol. The number of ether oxygens (including phenoxy) is 2. The lowest BCUT2D eigenvalue weighted by Crippen LogP contribution is -2.57. The topological polar surface area (TPSA) is 72.8 Å². The lowest BCUT2D eigenvalue weighted by atomic mass is 9.46. The standard InChI is InChI=1S/C25H36O5/c1-5-6-7-22(27)30-16-25(4)20-11-8-17(2)19(24(20,3)14-12-21(25)26)10-9-18-13-15-29-23(18)28/h9,13,15,19-21,26H,2,5-8,10-12,14,16H2,1,3-4H3/b18-9+/t19-,20+,21-,24+,25+/m1/s1. The summed E-state index contributed by atoms with van der Waals surface area (Å²) in [5.74, 6) is -0.0486. The van der Waals surface area contributed by atoms with Gasteiger partial charge in [0.25, 0.3) is 0 Å². The first kappa shape index (κ1) is 22.8. The average molecular weight is 417 g/mol. The van der Waals surface area contributed by atoms with E-state index in [-0.39, 0.29) is 35.8 Å². The van der Waals surface area contributed by atoms with E-state index in [2.05, 4.69) is 27.4 Å². The first-order chi connectivity index (χ1) is 14.2. The molecule has 0 spiro atoms. The highest BCUT2D eigenvalue weighted by molar-refractivity contribution is 5.94. The van der Waals surface area contributed by atoms with Gasteiger partial charge < -0.3 is 14.6 Å². The van der Waals surface area contributed by atoms with Crippen molar-refractivity contribution >= 4 is 11.9 Å². The fourth-order valence-electron chi connectivity index (χ4n) is 5.95. The van der Waals surface area contributed by atoms with Crippen molar-refractivity contribution in [3.05, 3.63) is 36.1 Å². The molecule has 166 valence electrons. The van der Waals surface area contributed by atoms with E-state index in [1.54, 1.807) is 6.08 Å². The van der Waals surface area contributed by atoms with Gasteiger partial charge in [0, 0.05) is 11.8 Å². The Bertz CT molecular complexity index is 751. The number of hydrogen-bond acceptors (Lipinski definition) is 5. The van der Waals surface area contributed by atoms with Crippen molar-refractivity contribution in [3.8, 4) is 0 Å². The van der Waals surface area contributed by atoms with Crippen LogP contribution in [0.15, 0.2) is 36.1 Å². The van der Waals surface area contributed by atoms with Crippen LogP contribution in [0.4, 0.5) is 0 Å². The summed E-state index contributed by atoms with van der Waals surface area (Å²) in [6.07, 6.45) is 10.9. The highest BCUT2D eigenvalue weighted by Gasteiger charge is 2.58. The van der Waals surface area contributed by atoms with Gasteiger partial charge in [-0.2, -0.15) is 0 Å². The Morgan fingerprint density at radius 2 is 2.17 bits per heavy atom. The number of cyclic esters (lactones) is 1. The van der Waals surface area contributed by atoms with Crippen LogP contribution in [0.5, 0.6) is 0 Å². The highest BCUT2D eigenvalue weighted by Crippen LogP contribution is 2.61. The molecule has 5 heteroatoms. The van der Waals surface area contributed by atoms with Gasteiger partial charge in [0.2, 0.25) is 0 Å². The summed E-state index contributed by atoms with van der Waals surface area (Å²) < 4.78 is 10.6. The normalized spacial score (nSPS) is 37.2. The molecule has 1 N–H and O–H groups in total. The maximum atomic E-state index is 12.2. The fraction of sp³-hybridized carbons (Fsp3) is 0.680. The zero-order valence-electron chi connectivity index (χ0n) is 18.6. The molecule has 0 aromatic heterocycles. The molecule has 0 radical (unpaired) electrons. The van der Waals surface area contributed by atoms with E-state index in [1.807, 2.05) is 6.08 Å². The Balaban J connectivity index is 1.80. The molecular formula is C25H36O5. The summed E-state index contributed by atoms with van der Waals surface area (Å²) in [5, 5.41) is 11.0. The highest BCUT2D eigenvalue weighted by atomic mass is 16.5. The maximum absolute atomic E-state index is 12.2. The SMILES string of the molecule is C=C1CC[C@@H]2[C@](C)(COC(=O)CCCC)[C@H](O)CC[C@@]2(C)[C@@H]1C/C=C1\C=COC1=O. The van der Waals surface area contributed by atoms with Crippen molar-refractivity contribution < 1.29 is 24.2 Å². The smallest absolute Gasteiger partial charge is 0.342 e. The van der Waals surface area contributed by atoms with E-state index in [0.717, 1.165) is 38.5 Å². The second kappa shape index (κ2) is 9.09. The molecule has 1 heterocycles. The monoisotopic (exact) mass is 416 g/mol. The minimum absolute atomic E-state index is 0.0670. The molecule has 0 amide bonds. The van der Waals surface area contributed by atoms with Gasteiger partial charge in [-0.3, -0.25) is 4.79 Å². The average Bonchev–Trinajstić information content (AvgIpc) is 3.12. The molecule has 2 saturated carbocycles. The Morgan fingerprint density at radius 1 is 1.40 bits per heavy atom. The van der Waals surface area contributed by atoms with E-state index in [0.29, 0.717) is 18.4 Å². The molecule has 1 aliphatic heterocycles. The van der Waals surface area contributed by atoms with Crippen LogP contribution in [0.25, 0.3) is 0 Å². The molecule has 2 fully saturated rings. The van der Waals surface area contributed by atoms with Crippen molar-refractivity contribution in [3.63, 3.8) is 0 Å². The molecule has 30 heavy (non-hydrogen) atoms. The summed E-state index contributed by atoms with van der Waals surface area (Å²) >= 11 is 0.